The first-order valence-electron chi connectivity index (χ1n) is 11.8. The molecule has 0 saturated carbocycles. The summed E-state index contributed by atoms with van der Waals surface area (Å²) in [6.07, 6.45) is -0.741. The second kappa shape index (κ2) is 11.4. The molecule has 0 radical (unpaired) electrons. The van der Waals surface area contributed by atoms with Crippen molar-refractivity contribution in [2.24, 2.45) is 0 Å². The number of rotatable bonds is 9. The normalized spacial score (nSPS) is 11.5. The monoisotopic (exact) mass is 500 g/mol. The van der Waals surface area contributed by atoms with Gasteiger partial charge in [0.05, 0.1) is 6.04 Å². The minimum Gasteiger partial charge on any atom is -0.487 e. The lowest BCUT2D eigenvalue weighted by Crippen LogP contribution is -2.39. The first-order chi connectivity index (χ1) is 17.8. The minimum atomic E-state index is -1.13. The summed E-state index contributed by atoms with van der Waals surface area (Å²) in [5, 5.41) is 9.37. The van der Waals surface area contributed by atoms with Gasteiger partial charge in [0, 0.05) is 5.56 Å². The molecule has 0 aliphatic heterocycles. The highest BCUT2D eigenvalue weighted by Crippen LogP contribution is 2.26. The number of nitrogens with zero attached hydrogens (tertiary/aromatic N) is 2. The van der Waals surface area contributed by atoms with Gasteiger partial charge in [0.2, 0.25) is 5.89 Å². The van der Waals surface area contributed by atoms with Gasteiger partial charge in [-0.1, -0.05) is 48.0 Å². The summed E-state index contributed by atoms with van der Waals surface area (Å²) in [6.45, 7) is 5.24. The lowest BCUT2D eigenvalue weighted by Gasteiger charge is -2.27. The molecule has 0 bridgehead atoms. The molecule has 3 aromatic carbocycles. The molecule has 1 amide bonds. The number of amides is 1. The maximum atomic E-state index is 12.8. The van der Waals surface area contributed by atoms with Crippen LogP contribution in [0.3, 0.4) is 0 Å². The van der Waals surface area contributed by atoms with Gasteiger partial charge in [-0.15, -0.1) is 0 Å². The van der Waals surface area contributed by atoms with E-state index in [1.807, 2.05) is 56.3 Å². The van der Waals surface area contributed by atoms with Crippen molar-refractivity contribution in [1.29, 1.82) is 0 Å². The summed E-state index contributed by atoms with van der Waals surface area (Å²) in [7, 11) is 0. The zero-order valence-corrected chi connectivity index (χ0v) is 20.9. The van der Waals surface area contributed by atoms with Crippen LogP contribution in [0, 0.1) is 13.8 Å². The third-order valence-electron chi connectivity index (χ3n) is 5.89. The summed E-state index contributed by atoms with van der Waals surface area (Å²) >= 11 is 0. The van der Waals surface area contributed by atoms with E-state index in [0.29, 0.717) is 28.8 Å². The molecule has 8 nitrogen and oxygen atoms in total. The molecular weight excluding hydrogens is 472 g/mol. The second-order valence-electron chi connectivity index (χ2n) is 8.62. The van der Waals surface area contributed by atoms with Crippen molar-refractivity contribution in [2.45, 2.75) is 33.4 Å². The summed E-state index contributed by atoms with van der Waals surface area (Å²) in [4.78, 5) is 30.0. The zero-order chi connectivity index (χ0) is 26.4. The van der Waals surface area contributed by atoms with E-state index in [0.717, 1.165) is 16.7 Å². The van der Waals surface area contributed by atoms with Gasteiger partial charge in [-0.25, -0.2) is 9.78 Å². The lowest BCUT2D eigenvalue weighted by molar-refractivity contribution is -0.138. The van der Waals surface area contributed by atoms with Crippen molar-refractivity contribution < 1.29 is 28.6 Å². The summed E-state index contributed by atoms with van der Waals surface area (Å²) in [5.74, 6) is 1.04. The Morgan fingerprint density at radius 2 is 1.59 bits per heavy atom. The minimum absolute atomic E-state index is 0.227. The molecule has 4 aromatic rings. The number of hydrogen-bond donors (Lipinski definition) is 1. The van der Waals surface area contributed by atoms with Crippen LogP contribution in [0.4, 0.5) is 4.79 Å². The Morgan fingerprint density at radius 1 is 0.946 bits per heavy atom. The van der Waals surface area contributed by atoms with Crippen LogP contribution < -0.4 is 9.47 Å². The number of ether oxygens (including phenoxy) is 2. The third kappa shape index (κ3) is 6.55. The Balaban J connectivity index is 1.41. The molecule has 8 heteroatoms. The first-order valence-corrected chi connectivity index (χ1v) is 11.8. The predicted octanol–water partition coefficient (Wildman–Crippen LogP) is 6.18. The summed E-state index contributed by atoms with van der Waals surface area (Å²) in [6, 6.07) is 23.2. The molecular formula is C29H28N2O6. The highest BCUT2D eigenvalue weighted by Gasteiger charge is 2.26. The number of carboxylic acids is 1. The van der Waals surface area contributed by atoms with Crippen molar-refractivity contribution >= 4 is 12.1 Å². The number of carboxylic acid groups (broad SMARTS) is 1. The molecule has 1 aromatic heterocycles. The number of hydrogen-bond acceptors (Lipinski definition) is 6. The molecule has 0 unspecified atom stereocenters. The number of oxazole rings is 1. The number of benzene rings is 3. The third-order valence-corrected chi connectivity index (χ3v) is 5.89. The molecule has 1 N–H and O–H groups in total. The van der Waals surface area contributed by atoms with Crippen molar-refractivity contribution in [3.63, 3.8) is 0 Å². The molecule has 4 rings (SSSR count). The Morgan fingerprint density at radius 3 is 2.24 bits per heavy atom. The van der Waals surface area contributed by atoms with Gasteiger partial charge >= 0.3 is 12.1 Å². The van der Waals surface area contributed by atoms with Gasteiger partial charge in [0.1, 0.15) is 36.1 Å². The van der Waals surface area contributed by atoms with E-state index >= 15 is 0 Å². The summed E-state index contributed by atoms with van der Waals surface area (Å²) < 4.78 is 17.1. The molecule has 0 fully saturated rings. The fourth-order valence-electron chi connectivity index (χ4n) is 3.71. The number of aryl methyl sites for hydroxylation is 2. The largest absolute Gasteiger partial charge is 0.487 e. The maximum absolute atomic E-state index is 12.8. The van der Waals surface area contributed by atoms with Crippen molar-refractivity contribution in [3.8, 4) is 23.0 Å². The molecule has 1 atom stereocenters. The van der Waals surface area contributed by atoms with Crippen LogP contribution in [0.2, 0.25) is 0 Å². The second-order valence-corrected chi connectivity index (χ2v) is 8.62. The van der Waals surface area contributed by atoms with Crippen LogP contribution in [-0.4, -0.2) is 33.6 Å². The van der Waals surface area contributed by atoms with E-state index in [1.165, 1.54) is 4.90 Å². The summed E-state index contributed by atoms with van der Waals surface area (Å²) in [5.41, 5.74) is 3.34. The SMILES string of the molecule is Cc1ccc(OC(=O)N(CC(=O)O)[C@@H](C)c2ccc(OCc3nc(-c4ccccc4)oc3C)cc2)cc1. The fourth-order valence-corrected chi connectivity index (χ4v) is 3.71. The molecule has 1 heterocycles. The Kier molecular flexibility index (Phi) is 7.88. The standard InChI is InChI=1S/C29H28N2O6/c1-19-9-13-25(14-10-19)37-29(34)31(17-27(32)33)20(2)22-11-15-24(16-12-22)35-18-26-21(3)36-28(30-26)23-7-5-4-6-8-23/h4-16,20H,17-18H2,1-3H3,(H,32,33)/t20-/m0/s1. The number of aromatic nitrogens is 1. The predicted molar refractivity (Wildman–Crippen MR) is 137 cm³/mol. The van der Waals surface area contributed by atoms with E-state index in [-0.39, 0.29) is 6.61 Å². The Labute approximate surface area is 215 Å². The highest BCUT2D eigenvalue weighted by atomic mass is 16.6. The Bertz CT molecular complexity index is 1350. The van der Waals surface area contributed by atoms with Crippen molar-refractivity contribution in [3.05, 3.63) is 101 Å². The zero-order valence-electron chi connectivity index (χ0n) is 20.9. The molecule has 37 heavy (non-hydrogen) atoms. The van der Waals surface area contributed by atoms with E-state index in [1.54, 1.807) is 43.3 Å². The highest BCUT2D eigenvalue weighted by molar-refractivity contribution is 5.78. The van der Waals surface area contributed by atoms with Gasteiger partial charge in [-0.2, -0.15) is 0 Å². The van der Waals surface area contributed by atoms with Gasteiger partial charge in [-0.05, 0) is 62.7 Å². The fraction of sp³-hybridized carbons (Fsp3) is 0.207. The van der Waals surface area contributed by atoms with Crippen LogP contribution in [-0.2, 0) is 11.4 Å². The van der Waals surface area contributed by atoms with Crippen LogP contribution in [0.25, 0.3) is 11.5 Å². The number of carbonyl (C=O) groups excluding carboxylic acids is 1. The van der Waals surface area contributed by atoms with Crippen molar-refractivity contribution in [1.82, 2.24) is 9.88 Å². The topological polar surface area (TPSA) is 102 Å². The first kappa shape index (κ1) is 25.5. The smallest absolute Gasteiger partial charge is 0.416 e. The average molecular weight is 501 g/mol. The van der Waals surface area contributed by atoms with Crippen LogP contribution >= 0.6 is 0 Å². The number of aliphatic carboxylic acids is 1. The van der Waals surface area contributed by atoms with Crippen LogP contribution in [0.5, 0.6) is 11.5 Å². The van der Waals surface area contributed by atoms with Gasteiger partial charge in [-0.3, -0.25) is 9.69 Å². The molecule has 0 saturated heterocycles. The average Bonchev–Trinajstić information content (AvgIpc) is 3.28. The molecule has 190 valence electrons. The van der Waals surface area contributed by atoms with Crippen LogP contribution in [0.15, 0.2) is 83.3 Å². The Hall–Kier alpha value is -4.59. The molecule has 0 aliphatic carbocycles. The van der Waals surface area contributed by atoms with E-state index in [9.17, 15) is 14.7 Å². The van der Waals surface area contributed by atoms with E-state index < -0.39 is 24.6 Å². The van der Waals surface area contributed by atoms with Gasteiger partial charge in [0.25, 0.3) is 0 Å². The van der Waals surface area contributed by atoms with Gasteiger partial charge < -0.3 is 19.0 Å². The quantitative estimate of drug-likeness (QED) is 0.293. The van der Waals surface area contributed by atoms with Gasteiger partial charge in [0.15, 0.2) is 0 Å². The van der Waals surface area contributed by atoms with Crippen molar-refractivity contribution in [2.75, 3.05) is 6.54 Å². The molecule has 0 aliphatic rings. The number of carbonyl (C=O) groups is 2. The lowest BCUT2D eigenvalue weighted by atomic mass is 10.1. The van der Waals surface area contributed by atoms with E-state index in [2.05, 4.69) is 4.98 Å². The molecule has 0 spiro atoms. The van der Waals surface area contributed by atoms with E-state index in [4.69, 9.17) is 13.9 Å². The maximum Gasteiger partial charge on any atom is 0.416 e. The van der Waals surface area contributed by atoms with Crippen LogP contribution in [0.1, 0.15) is 35.5 Å².